The van der Waals surface area contributed by atoms with Crippen LogP contribution in [0.2, 0.25) is 0 Å². The van der Waals surface area contributed by atoms with Crippen LogP contribution in [0.15, 0.2) is 18.2 Å². The molecule has 2 saturated heterocycles. The number of hydrogen-bond acceptors (Lipinski definition) is 4. The summed E-state index contributed by atoms with van der Waals surface area (Å²) >= 11 is 0. The zero-order chi connectivity index (χ0) is 20.5. The number of carbonyl (C=O) groups is 2. The minimum absolute atomic E-state index is 0.0511. The normalized spacial score (nSPS) is 30.9. The third-order valence-corrected chi connectivity index (χ3v) is 7.14. The van der Waals surface area contributed by atoms with Crippen molar-refractivity contribution < 1.29 is 14.7 Å². The Hall–Kier alpha value is -2.08. The quantitative estimate of drug-likeness (QED) is 0.723. The second-order valence-corrected chi connectivity index (χ2v) is 8.62. The lowest BCUT2D eigenvalue weighted by Crippen LogP contribution is -2.54. The molecule has 154 valence electrons. The molecule has 0 aliphatic carbocycles. The topological polar surface area (TPSA) is 81.7 Å². The van der Waals surface area contributed by atoms with Crippen LogP contribution in [0, 0.1) is 12.8 Å². The van der Waals surface area contributed by atoms with Crippen molar-refractivity contribution in [1.29, 1.82) is 0 Å². The Balaban J connectivity index is 1.80. The molecular weight excluding hydrogens is 354 g/mol. The average Bonchev–Trinajstić information content (AvgIpc) is 3.10. The molecule has 1 aromatic rings. The van der Waals surface area contributed by atoms with Crippen molar-refractivity contribution in [3.8, 4) is 5.75 Å². The molecule has 3 rings (SSSR count). The van der Waals surface area contributed by atoms with Crippen molar-refractivity contribution in [1.82, 2.24) is 15.5 Å². The number of nitrogens with zero attached hydrogens (tertiary/aromatic N) is 1. The third-order valence-electron chi connectivity index (χ3n) is 7.14. The molecule has 3 unspecified atom stereocenters. The monoisotopic (exact) mass is 387 g/mol. The summed E-state index contributed by atoms with van der Waals surface area (Å²) in [6, 6.07) is 5.62. The first-order chi connectivity index (χ1) is 13.2. The molecule has 4 atom stereocenters. The highest BCUT2D eigenvalue weighted by Crippen LogP contribution is 2.46. The maximum atomic E-state index is 12.4. The second-order valence-electron chi connectivity index (χ2n) is 8.62. The minimum atomic E-state index is -0.403. The van der Waals surface area contributed by atoms with Gasteiger partial charge in [0, 0.05) is 24.4 Å². The summed E-state index contributed by atoms with van der Waals surface area (Å²) in [4.78, 5) is 26.2. The number of piperidine rings is 1. The van der Waals surface area contributed by atoms with Gasteiger partial charge in [0.25, 0.3) is 0 Å². The van der Waals surface area contributed by atoms with E-state index >= 15 is 0 Å². The number of benzene rings is 1. The van der Waals surface area contributed by atoms with E-state index in [1.807, 2.05) is 12.1 Å². The molecule has 1 aromatic carbocycles. The summed E-state index contributed by atoms with van der Waals surface area (Å²) in [5, 5.41) is 15.9. The smallest absolute Gasteiger partial charge is 0.242 e. The maximum absolute atomic E-state index is 12.4. The Morgan fingerprint density at radius 1 is 1.39 bits per heavy atom. The van der Waals surface area contributed by atoms with E-state index in [1.165, 1.54) is 11.1 Å². The number of phenols is 1. The van der Waals surface area contributed by atoms with Gasteiger partial charge in [0.05, 0.1) is 0 Å². The van der Waals surface area contributed by atoms with Crippen LogP contribution in [0.25, 0.3) is 0 Å². The first kappa shape index (κ1) is 20.6. The van der Waals surface area contributed by atoms with Crippen LogP contribution in [0.1, 0.15) is 50.7 Å². The predicted octanol–water partition coefficient (Wildman–Crippen LogP) is 2.08. The van der Waals surface area contributed by atoms with Gasteiger partial charge in [0.2, 0.25) is 11.8 Å². The van der Waals surface area contributed by atoms with E-state index < -0.39 is 6.04 Å². The number of carbonyl (C=O) groups excluding carboxylic acids is 2. The SMILES string of the molecule is Cc1ccc(O)cc1C1(CCNC(=O)C2CCC(=O)N2)CCN(C)C(C)[C@@H]1C. The van der Waals surface area contributed by atoms with Crippen molar-refractivity contribution >= 4 is 11.8 Å². The van der Waals surface area contributed by atoms with Gasteiger partial charge in [-0.05, 0) is 75.9 Å². The van der Waals surface area contributed by atoms with Gasteiger partial charge >= 0.3 is 0 Å². The van der Waals surface area contributed by atoms with Gasteiger partial charge < -0.3 is 20.6 Å². The number of amides is 2. The summed E-state index contributed by atoms with van der Waals surface area (Å²) < 4.78 is 0. The van der Waals surface area contributed by atoms with E-state index in [2.05, 4.69) is 43.4 Å². The molecule has 3 N–H and O–H groups in total. The number of aromatic hydroxyl groups is 1. The number of likely N-dealkylation sites (tertiary alicyclic amines) is 1. The number of nitrogens with one attached hydrogen (secondary N) is 2. The molecule has 2 aliphatic rings. The maximum Gasteiger partial charge on any atom is 0.242 e. The van der Waals surface area contributed by atoms with Crippen LogP contribution in [0.4, 0.5) is 0 Å². The molecule has 28 heavy (non-hydrogen) atoms. The van der Waals surface area contributed by atoms with E-state index in [4.69, 9.17) is 0 Å². The molecular formula is C22H33N3O3. The molecule has 2 heterocycles. The van der Waals surface area contributed by atoms with E-state index in [0.717, 1.165) is 19.4 Å². The summed E-state index contributed by atoms with van der Waals surface area (Å²) in [7, 11) is 2.16. The predicted molar refractivity (Wildman–Crippen MR) is 109 cm³/mol. The third kappa shape index (κ3) is 3.88. The van der Waals surface area contributed by atoms with Crippen LogP contribution in [-0.4, -0.2) is 54.0 Å². The fourth-order valence-corrected chi connectivity index (χ4v) is 5.01. The summed E-state index contributed by atoms with van der Waals surface area (Å²) in [6.07, 6.45) is 2.78. The van der Waals surface area contributed by atoms with Gasteiger partial charge in [-0.25, -0.2) is 0 Å². The fraction of sp³-hybridized carbons (Fsp3) is 0.636. The molecule has 6 heteroatoms. The van der Waals surface area contributed by atoms with E-state index in [-0.39, 0.29) is 23.0 Å². The highest BCUT2D eigenvalue weighted by atomic mass is 16.3. The molecule has 2 amide bonds. The molecule has 6 nitrogen and oxygen atoms in total. The molecule has 2 aliphatic heterocycles. The first-order valence-electron chi connectivity index (χ1n) is 10.3. The standard InChI is InChI=1S/C22H33N3O3/c1-14-5-6-17(26)13-18(14)22(10-12-25(4)16(3)15(22)2)9-11-23-21(28)19-7-8-20(27)24-19/h5-6,13,15-16,19,26H,7-12H2,1-4H3,(H,23,28)(H,24,27)/t15-,16?,19?,22?/m0/s1. The zero-order valence-electron chi connectivity index (χ0n) is 17.4. The van der Waals surface area contributed by atoms with Gasteiger partial charge in [0.15, 0.2) is 0 Å². The van der Waals surface area contributed by atoms with Crippen LogP contribution in [0.3, 0.4) is 0 Å². The Morgan fingerprint density at radius 2 is 2.14 bits per heavy atom. The van der Waals surface area contributed by atoms with Gasteiger partial charge in [-0.15, -0.1) is 0 Å². The molecule has 2 fully saturated rings. The average molecular weight is 388 g/mol. The lowest BCUT2D eigenvalue weighted by atomic mass is 9.61. The highest BCUT2D eigenvalue weighted by molar-refractivity contribution is 5.90. The second kappa shape index (κ2) is 8.11. The van der Waals surface area contributed by atoms with Crippen molar-refractivity contribution in [2.24, 2.45) is 5.92 Å². The van der Waals surface area contributed by atoms with Crippen molar-refractivity contribution in [3.05, 3.63) is 29.3 Å². The van der Waals surface area contributed by atoms with Crippen molar-refractivity contribution in [3.63, 3.8) is 0 Å². The van der Waals surface area contributed by atoms with E-state index in [9.17, 15) is 14.7 Å². The number of rotatable bonds is 5. The highest BCUT2D eigenvalue weighted by Gasteiger charge is 2.45. The summed E-state index contributed by atoms with van der Waals surface area (Å²) in [6.45, 7) is 8.17. The molecule has 0 radical (unpaired) electrons. The Bertz CT molecular complexity index is 751. The molecule has 0 saturated carbocycles. The molecule has 0 spiro atoms. The molecule has 0 aromatic heterocycles. The Kier molecular flexibility index (Phi) is 5.98. The number of aryl methyl sites for hydroxylation is 1. The minimum Gasteiger partial charge on any atom is -0.508 e. The number of phenolic OH excluding ortho intramolecular Hbond substituents is 1. The Morgan fingerprint density at radius 3 is 2.82 bits per heavy atom. The van der Waals surface area contributed by atoms with E-state index in [0.29, 0.717) is 31.3 Å². The van der Waals surface area contributed by atoms with Crippen LogP contribution in [0.5, 0.6) is 5.75 Å². The fourth-order valence-electron chi connectivity index (χ4n) is 5.01. The van der Waals surface area contributed by atoms with Gasteiger partial charge in [-0.3, -0.25) is 9.59 Å². The number of hydrogen-bond donors (Lipinski definition) is 3. The van der Waals surface area contributed by atoms with E-state index in [1.54, 1.807) is 6.07 Å². The lowest BCUT2D eigenvalue weighted by molar-refractivity contribution is -0.125. The van der Waals surface area contributed by atoms with Gasteiger partial charge in [-0.2, -0.15) is 0 Å². The van der Waals surface area contributed by atoms with Crippen LogP contribution >= 0.6 is 0 Å². The Labute approximate surface area is 167 Å². The van der Waals surface area contributed by atoms with Crippen LogP contribution < -0.4 is 10.6 Å². The largest absolute Gasteiger partial charge is 0.508 e. The molecule has 0 bridgehead atoms. The van der Waals surface area contributed by atoms with Crippen molar-refractivity contribution in [2.45, 2.75) is 64.0 Å². The summed E-state index contributed by atoms with van der Waals surface area (Å²) in [5.74, 6) is 0.512. The van der Waals surface area contributed by atoms with Crippen molar-refractivity contribution in [2.75, 3.05) is 20.1 Å². The lowest BCUT2D eigenvalue weighted by Gasteiger charge is -2.51. The zero-order valence-corrected chi connectivity index (χ0v) is 17.4. The van der Waals surface area contributed by atoms with Gasteiger partial charge in [-0.1, -0.05) is 13.0 Å². The summed E-state index contributed by atoms with van der Waals surface area (Å²) in [5.41, 5.74) is 2.25. The van der Waals surface area contributed by atoms with Crippen LogP contribution in [-0.2, 0) is 15.0 Å². The van der Waals surface area contributed by atoms with Gasteiger partial charge in [0.1, 0.15) is 11.8 Å². The first-order valence-corrected chi connectivity index (χ1v) is 10.3.